The van der Waals surface area contributed by atoms with Crippen molar-refractivity contribution in [3.05, 3.63) is 71.3 Å². The minimum absolute atomic E-state index is 0.0331. The first-order chi connectivity index (χ1) is 19.4. The third-order valence-electron chi connectivity index (χ3n) is 8.28. The lowest BCUT2D eigenvalue weighted by molar-refractivity contribution is -0.138. The molecule has 2 aromatic rings. The van der Waals surface area contributed by atoms with Gasteiger partial charge in [0.1, 0.15) is 6.04 Å². The SMILES string of the molecule is CCC(=O)N[C@H](Cc1ccc(CNC(=O)[C@@H](N)C2CCCCC2)cc1)C(=O)N1CCN(Cc2ccccc2)CC1. The summed E-state index contributed by atoms with van der Waals surface area (Å²) < 4.78 is 0. The van der Waals surface area contributed by atoms with Crippen LogP contribution in [0.25, 0.3) is 0 Å². The van der Waals surface area contributed by atoms with E-state index in [9.17, 15) is 14.4 Å². The molecule has 0 aromatic heterocycles. The maximum atomic E-state index is 13.5. The van der Waals surface area contributed by atoms with Crippen molar-refractivity contribution in [2.24, 2.45) is 11.7 Å². The summed E-state index contributed by atoms with van der Waals surface area (Å²) in [5.74, 6) is 0.0208. The van der Waals surface area contributed by atoms with Crippen LogP contribution < -0.4 is 16.4 Å². The number of hydrogen-bond donors (Lipinski definition) is 3. The van der Waals surface area contributed by atoms with Gasteiger partial charge in [-0.1, -0.05) is 80.8 Å². The fraction of sp³-hybridized carbons (Fsp3) is 0.531. The van der Waals surface area contributed by atoms with Crippen LogP contribution in [0.4, 0.5) is 0 Å². The Morgan fingerprint density at radius 2 is 1.52 bits per heavy atom. The molecule has 8 heteroatoms. The highest BCUT2D eigenvalue weighted by Gasteiger charge is 2.29. The van der Waals surface area contributed by atoms with E-state index in [2.05, 4.69) is 27.7 Å². The summed E-state index contributed by atoms with van der Waals surface area (Å²) in [5.41, 5.74) is 9.44. The van der Waals surface area contributed by atoms with Crippen molar-refractivity contribution in [1.29, 1.82) is 0 Å². The van der Waals surface area contributed by atoms with Gasteiger partial charge in [-0.05, 0) is 35.4 Å². The second kappa shape index (κ2) is 15.0. The highest BCUT2D eigenvalue weighted by Crippen LogP contribution is 2.25. The molecular formula is C32H45N5O3. The van der Waals surface area contributed by atoms with E-state index in [1.807, 2.05) is 47.4 Å². The molecule has 0 bridgehead atoms. The second-order valence-corrected chi connectivity index (χ2v) is 11.2. The van der Waals surface area contributed by atoms with Crippen LogP contribution in [-0.4, -0.2) is 65.8 Å². The first kappa shape index (κ1) is 29.7. The Balaban J connectivity index is 1.29. The molecule has 1 saturated carbocycles. The summed E-state index contributed by atoms with van der Waals surface area (Å²) in [6.45, 7) is 5.99. The van der Waals surface area contributed by atoms with Crippen molar-refractivity contribution in [2.45, 2.75) is 77.0 Å². The highest BCUT2D eigenvalue weighted by atomic mass is 16.2. The number of rotatable bonds is 11. The number of carbonyl (C=O) groups is 3. The van der Waals surface area contributed by atoms with Crippen LogP contribution >= 0.6 is 0 Å². The molecule has 2 atom stereocenters. The van der Waals surface area contributed by atoms with Gasteiger partial charge in [0.15, 0.2) is 0 Å². The van der Waals surface area contributed by atoms with Gasteiger partial charge in [0.05, 0.1) is 6.04 Å². The molecule has 3 amide bonds. The Morgan fingerprint density at radius 3 is 2.17 bits per heavy atom. The smallest absolute Gasteiger partial charge is 0.245 e. The number of nitrogens with zero attached hydrogens (tertiary/aromatic N) is 2. The van der Waals surface area contributed by atoms with Crippen LogP contribution in [0.3, 0.4) is 0 Å². The molecule has 4 N–H and O–H groups in total. The number of hydrogen-bond acceptors (Lipinski definition) is 5. The summed E-state index contributed by atoms with van der Waals surface area (Å²) in [6, 6.07) is 17.2. The number of nitrogens with one attached hydrogen (secondary N) is 2. The van der Waals surface area contributed by atoms with Crippen LogP contribution in [0, 0.1) is 5.92 Å². The lowest BCUT2D eigenvalue weighted by Crippen LogP contribution is -2.55. The van der Waals surface area contributed by atoms with Gasteiger partial charge in [-0.15, -0.1) is 0 Å². The van der Waals surface area contributed by atoms with Gasteiger partial charge in [-0.3, -0.25) is 19.3 Å². The predicted octanol–water partition coefficient (Wildman–Crippen LogP) is 2.99. The number of amides is 3. The average molecular weight is 548 g/mol. The third kappa shape index (κ3) is 8.63. The molecule has 2 fully saturated rings. The Labute approximate surface area is 238 Å². The van der Waals surface area contributed by atoms with Gasteiger partial charge < -0.3 is 21.3 Å². The predicted molar refractivity (Wildman–Crippen MR) is 157 cm³/mol. The van der Waals surface area contributed by atoms with Gasteiger partial charge in [0.2, 0.25) is 17.7 Å². The van der Waals surface area contributed by atoms with Crippen LogP contribution in [0.15, 0.2) is 54.6 Å². The van der Waals surface area contributed by atoms with E-state index >= 15 is 0 Å². The molecular weight excluding hydrogens is 502 g/mol. The van der Waals surface area contributed by atoms with Crippen molar-refractivity contribution in [1.82, 2.24) is 20.4 Å². The third-order valence-corrected chi connectivity index (χ3v) is 8.28. The molecule has 0 spiro atoms. The number of benzene rings is 2. The Hall–Kier alpha value is -3.23. The van der Waals surface area contributed by atoms with Crippen molar-refractivity contribution in [2.75, 3.05) is 26.2 Å². The second-order valence-electron chi connectivity index (χ2n) is 11.2. The fourth-order valence-corrected chi connectivity index (χ4v) is 5.73. The number of carbonyl (C=O) groups excluding carboxylic acids is 3. The van der Waals surface area contributed by atoms with Gasteiger partial charge in [0, 0.05) is 52.1 Å². The summed E-state index contributed by atoms with van der Waals surface area (Å²) in [7, 11) is 0. The summed E-state index contributed by atoms with van der Waals surface area (Å²) >= 11 is 0. The zero-order valence-corrected chi connectivity index (χ0v) is 23.8. The molecule has 1 aliphatic heterocycles. The standard InChI is InChI=1S/C32H45N5O3/c1-2-29(38)35-28(32(40)37-19-17-36(18-20-37)23-26-9-5-3-6-10-26)21-24-13-15-25(16-14-24)22-34-31(39)30(33)27-11-7-4-8-12-27/h3,5-6,9-10,13-16,27-28,30H,2,4,7-8,11-12,17-23,33H2,1H3,(H,34,39)(H,35,38)/t28-,30+/m1/s1. The molecule has 0 unspecified atom stereocenters. The van der Waals surface area contributed by atoms with Gasteiger partial charge in [0.25, 0.3) is 0 Å². The molecule has 0 radical (unpaired) electrons. The highest BCUT2D eigenvalue weighted by molar-refractivity contribution is 5.88. The number of nitrogens with two attached hydrogens (primary N) is 1. The number of piperazine rings is 1. The maximum absolute atomic E-state index is 13.5. The van der Waals surface area contributed by atoms with Gasteiger partial charge in [-0.2, -0.15) is 0 Å². The zero-order chi connectivity index (χ0) is 28.3. The molecule has 2 aliphatic rings. The van der Waals surface area contributed by atoms with Crippen molar-refractivity contribution in [3.63, 3.8) is 0 Å². The Bertz CT molecular complexity index is 1090. The van der Waals surface area contributed by atoms with E-state index in [1.54, 1.807) is 6.92 Å². The summed E-state index contributed by atoms with van der Waals surface area (Å²) in [5, 5.41) is 5.93. The molecule has 2 aromatic carbocycles. The van der Waals surface area contributed by atoms with E-state index < -0.39 is 12.1 Å². The van der Waals surface area contributed by atoms with Crippen LogP contribution in [-0.2, 0) is 33.9 Å². The van der Waals surface area contributed by atoms with E-state index in [-0.39, 0.29) is 23.6 Å². The topological polar surface area (TPSA) is 108 Å². The quantitative estimate of drug-likeness (QED) is 0.401. The molecule has 216 valence electrons. The minimum atomic E-state index is -0.604. The first-order valence-electron chi connectivity index (χ1n) is 14.9. The molecule has 8 nitrogen and oxygen atoms in total. The summed E-state index contributed by atoms with van der Waals surface area (Å²) in [4.78, 5) is 42.6. The molecule has 4 rings (SSSR count). The lowest BCUT2D eigenvalue weighted by atomic mass is 9.84. The molecule has 40 heavy (non-hydrogen) atoms. The van der Waals surface area contributed by atoms with Crippen LogP contribution in [0.5, 0.6) is 0 Å². The molecule has 1 saturated heterocycles. The minimum Gasteiger partial charge on any atom is -0.351 e. The van der Waals surface area contributed by atoms with E-state index in [4.69, 9.17) is 5.73 Å². The first-order valence-corrected chi connectivity index (χ1v) is 14.9. The molecule has 1 aliphatic carbocycles. The monoisotopic (exact) mass is 547 g/mol. The van der Waals surface area contributed by atoms with Crippen LogP contribution in [0.1, 0.15) is 62.1 Å². The van der Waals surface area contributed by atoms with Crippen molar-refractivity contribution in [3.8, 4) is 0 Å². The molecule has 1 heterocycles. The van der Waals surface area contributed by atoms with Gasteiger partial charge in [-0.25, -0.2) is 0 Å². The van der Waals surface area contributed by atoms with E-state index in [1.165, 1.54) is 12.0 Å². The van der Waals surface area contributed by atoms with Crippen molar-refractivity contribution >= 4 is 17.7 Å². The Kier molecular flexibility index (Phi) is 11.1. The lowest BCUT2D eigenvalue weighted by Gasteiger charge is -2.36. The largest absolute Gasteiger partial charge is 0.351 e. The average Bonchev–Trinajstić information content (AvgIpc) is 3.00. The normalized spacial score (nSPS) is 18.1. The summed E-state index contributed by atoms with van der Waals surface area (Å²) in [6.07, 6.45) is 6.35. The van der Waals surface area contributed by atoms with Crippen molar-refractivity contribution < 1.29 is 14.4 Å². The zero-order valence-electron chi connectivity index (χ0n) is 23.8. The van der Waals surface area contributed by atoms with Gasteiger partial charge >= 0.3 is 0 Å². The van der Waals surface area contributed by atoms with E-state index in [0.717, 1.165) is 56.4 Å². The maximum Gasteiger partial charge on any atom is 0.245 e. The Morgan fingerprint density at radius 1 is 0.875 bits per heavy atom. The van der Waals surface area contributed by atoms with E-state index in [0.29, 0.717) is 32.5 Å². The van der Waals surface area contributed by atoms with Crippen LogP contribution in [0.2, 0.25) is 0 Å². The fourth-order valence-electron chi connectivity index (χ4n) is 5.73.